The molecule has 8 heteroatoms. The Labute approximate surface area is 200 Å². The highest BCUT2D eigenvalue weighted by Crippen LogP contribution is 2.22. The van der Waals surface area contributed by atoms with E-state index >= 15 is 0 Å². The number of carbonyl (C=O) groups excluding carboxylic acids is 2. The van der Waals surface area contributed by atoms with E-state index in [1.807, 2.05) is 32.0 Å². The number of anilines is 2. The number of nitrogens with one attached hydrogen (secondary N) is 2. The number of hydrogen-bond donors (Lipinski definition) is 2. The van der Waals surface area contributed by atoms with E-state index in [0.717, 1.165) is 17.5 Å². The van der Waals surface area contributed by atoms with Crippen LogP contribution in [-0.2, 0) is 16.6 Å². The number of benzene rings is 3. The first-order valence-corrected chi connectivity index (χ1v) is 12.9. The van der Waals surface area contributed by atoms with Gasteiger partial charge in [-0.15, -0.1) is 0 Å². The molecule has 0 heterocycles. The maximum absolute atomic E-state index is 12.8. The molecule has 0 spiro atoms. The Morgan fingerprint density at radius 1 is 0.912 bits per heavy atom. The van der Waals surface area contributed by atoms with Gasteiger partial charge in [0.1, 0.15) is 0 Å². The fourth-order valence-electron chi connectivity index (χ4n) is 3.43. The first-order chi connectivity index (χ1) is 16.2. The van der Waals surface area contributed by atoms with Crippen molar-refractivity contribution < 1.29 is 18.0 Å². The summed E-state index contributed by atoms with van der Waals surface area (Å²) < 4.78 is 26.1. The van der Waals surface area contributed by atoms with Crippen LogP contribution in [-0.4, -0.2) is 33.0 Å². The molecule has 7 nitrogen and oxygen atoms in total. The number of aryl methyl sites for hydroxylation is 1. The Bertz CT molecular complexity index is 1270. The van der Waals surface area contributed by atoms with E-state index in [9.17, 15) is 18.0 Å². The third kappa shape index (κ3) is 6.45. The van der Waals surface area contributed by atoms with Crippen LogP contribution in [0.1, 0.15) is 45.2 Å². The van der Waals surface area contributed by atoms with Crippen molar-refractivity contribution in [1.29, 1.82) is 0 Å². The maximum atomic E-state index is 12.8. The van der Waals surface area contributed by atoms with Crippen LogP contribution in [0.25, 0.3) is 0 Å². The lowest BCUT2D eigenvalue weighted by molar-refractivity contribution is 0.0954. The zero-order valence-electron chi connectivity index (χ0n) is 19.5. The van der Waals surface area contributed by atoms with Crippen molar-refractivity contribution in [2.45, 2.75) is 26.8 Å². The highest BCUT2D eigenvalue weighted by atomic mass is 32.2. The van der Waals surface area contributed by atoms with Crippen LogP contribution in [0.4, 0.5) is 11.4 Å². The zero-order valence-corrected chi connectivity index (χ0v) is 20.4. The largest absolute Gasteiger partial charge is 0.352 e. The Hall–Kier alpha value is -3.65. The highest BCUT2D eigenvalue weighted by molar-refractivity contribution is 7.92. The molecule has 0 unspecified atom stereocenters. The number of rotatable bonds is 9. The van der Waals surface area contributed by atoms with Crippen molar-refractivity contribution in [2.24, 2.45) is 0 Å². The van der Waals surface area contributed by atoms with Gasteiger partial charge in [-0.1, -0.05) is 43.3 Å². The molecule has 0 aliphatic heterocycles. The quantitative estimate of drug-likeness (QED) is 0.477. The monoisotopic (exact) mass is 479 g/mol. The highest BCUT2D eigenvalue weighted by Gasteiger charge is 2.19. The summed E-state index contributed by atoms with van der Waals surface area (Å²) in [5.41, 5.74) is 3.50. The molecule has 0 aromatic heterocycles. The number of para-hydroxylation sites is 1. The van der Waals surface area contributed by atoms with Gasteiger partial charge < -0.3 is 10.6 Å². The predicted molar refractivity (Wildman–Crippen MR) is 136 cm³/mol. The van der Waals surface area contributed by atoms with Crippen LogP contribution in [0.2, 0.25) is 0 Å². The second-order valence-corrected chi connectivity index (χ2v) is 9.97. The fraction of sp³-hybridized carbons (Fsp3) is 0.231. The number of hydrogen-bond acceptors (Lipinski definition) is 4. The molecule has 3 aromatic rings. The first kappa shape index (κ1) is 25.0. The maximum Gasteiger partial charge on any atom is 0.255 e. The van der Waals surface area contributed by atoms with Gasteiger partial charge in [-0.3, -0.25) is 13.9 Å². The van der Waals surface area contributed by atoms with Crippen LogP contribution in [0.15, 0.2) is 72.8 Å². The Morgan fingerprint density at radius 2 is 1.62 bits per heavy atom. The Morgan fingerprint density at radius 3 is 2.26 bits per heavy atom. The van der Waals surface area contributed by atoms with E-state index in [1.54, 1.807) is 54.6 Å². The number of amides is 2. The topological polar surface area (TPSA) is 95.6 Å². The smallest absolute Gasteiger partial charge is 0.255 e. The average molecular weight is 480 g/mol. The number of carbonyl (C=O) groups is 2. The zero-order chi connectivity index (χ0) is 24.7. The Kier molecular flexibility index (Phi) is 8.07. The summed E-state index contributed by atoms with van der Waals surface area (Å²) in [6, 6.07) is 20.9. The molecule has 0 bridgehead atoms. The summed E-state index contributed by atoms with van der Waals surface area (Å²) in [4.78, 5) is 25.2. The van der Waals surface area contributed by atoms with Gasteiger partial charge in [0.25, 0.3) is 11.8 Å². The Balaban J connectivity index is 1.76. The average Bonchev–Trinajstić information content (AvgIpc) is 2.81. The summed E-state index contributed by atoms with van der Waals surface area (Å²) >= 11 is 0. The molecular formula is C26H29N3O4S. The molecule has 0 saturated heterocycles. The van der Waals surface area contributed by atoms with Crippen LogP contribution in [0, 0.1) is 6.92 Å². The molecule has 2 amide bonds. The van der Waals surface area contributed by atoms with Crippen molar-refractivity contribution in [3.8, 4) is 0 Å². The van der Waals surface area contributed by atoms with E-state index in [2.05, 4.69) is 10.6 Å². The molecule has 178 valence electrons. The summed E-state index contributed by atoms with van der Waals surface area (Å²) in [5, 5.41) is 5.61. The third-order valence-corrected chi connectivity index (χ3v) is 6.33. The van der Waals surface area contributed by atoms with Crippen LogP contribution in [0.3, 0.4) is 0 Å². The van der Waals surface area contributed by atoms with Crippen molar-refractivity contribution in [3.05, 3.63) is 95.1 Å². The van der Waals surface area contributed by atoms with Crippen molar-refractivity contribution in [3.63, 3.8) is 0 Å². The molecule has 0 atom stereocenters. The minimum Gasteiger partial charge on any atom is -0.352 e. The molecule has 0 saturated carbocycles. The van der Waals surface area contributed by atoms with Crippen molar-refractivity contribution in [1.82, 2.24) is 5.32 Å². The van der Waals surface area contributed by atoms with Gasteiger partial charge in [-0.2, -0.15) is 0 Å². The standard InChI is InChI=1S/C26H29N3O4S/c1-4-16-27-26(31)23-10-5-6-11-24(23)28-25(30)21-14-12-20(13-15-21)18-29(34(3,32)33)22-9-7-8-19(2)17-22/h5-15,17H,4,16,18H2,1-3H3,(H,27,31)(H,28,30). The number of sulfonamides is 1. The molecule has 34 heavy (non-hydrogen) atoms. The van der Waals surface area contributed by atoms with Gasteiger partial charge >= 0.3 is 0 Å². The molecule has 0 aliphatic carbocycles. The van der Waals surface area contributed by atoms with E-state index in [-0.39, 0.29) is 18.4 Å². The summed E-state index contributed by atoms with van der Waals surface area (Å²) in [6.45, 7) is 4.57. The van der Waals surface area contributed by atoms with Gasteiger partial charge in [-0.25, -0.2) is 8.42 Å². The summed E-state index contributed by atoms with van der Waals surface area (Å²) in [7, 11) is -3.50. The van der Waals surface area contributed by atoms with E-state index in [0.29, 0.717) is 29.0 Å². The van der Waals surface area contributed by atoms with Gasteiger partial charge in [0, 0.05) is 12.1 Å². The normalized spacial score (nSPS) is 11.0. The van der Waals surface area contributed by atoms with Crippen LogP contribution in [0.5, 0.6) is 0 Å². The SMILES string of the molecule is CCCNC(=O)c1ccccc1NC(=O)c1ccc(CN(c2cccc(C)c2)S(C)(=O)=O)cc1. The minimum atomic E-state index is -3.50. The third-order valence-electron chi connectivity index (χ3n) is 5.19. The van der Waals surface area contributed by atoms with Crippen LogP contribution >= 0.6 is 0 Å². The second-order valence-electron chi connectivity index (χ2n) is 8.06. The van der Waals surface area contributed by atoms with E-state index in [1.165, 1.54) is 10.6 Å². The van der Waals surface area contributed by atoms with Crippen LogP contribution < -0.4 is 14.9 Å². The molecule has 0 aliphatic rings. The van der Waals surface area contributed by atoms with Gasteiger partial charge in [-0.05, 0) is 60.9 Å². The molecule has 2 N–H and O–H groups in total. The fourth-order valence-corrected chi connectivity index (χ4v) is 4.31. The van der Waals surface area contributed by atoms with E-state index < -0.39 is 10.0 Å². The van der Waals surface area contributed by atoms with Crippen molar-refractivity contribution >= 4 is 33.2 Å². The van der Waals surface area contributed by atoms with Gasteiger partial charge in [0.15, 0.2) is 0 Å². The first-order valence-electron chi connectivity index (χ1n) is 11.0. The molecule has 0 fully saturated rings. The lowest BCUT2D eigenvalue weighted by atomic mass is 10.1. The van der Waals surface area contributed by atoms with E-state index in [4.69, 9.17) is 0 Å². The molecule has 3 rings (SSSR count). The number of nitrogens with zero attached hydrogens (tertiary/aromatic N) is 1. The minimum absolute atomic E-state index is 0.143. The lowest BCUT2D eigenvalue weighted by Gasteiger charge is -2.23. The lowest BCUT2D eigenvalue weighted by Crippen LogP contribution is -2.29. The van der Waals surface area contributed by atoms with Crippen molar-refractivity contribution in [2.75, 3.05) is 22.4 Å². The van der Waals surface area contributed by atoms with Gasteiger partial charge in [0.05, 0.1) is 29.7 Å². The molecule has 3 aromatic carbocycles. The summed E-state index contributed by atoms with van der Waals surface area (Å²) in [6.07, 6.45) is 1.98. The summed E-state index contributed by atoms with van der Waals surface area (Å²) in [5.74, 6) is -0.606. The van der Waals surface area contributed by atoms with Gasteiger partial charge in [0.2, 0.25) is 10.0 Å². The second kappa shape index (κ2) is 11.0. The predicted octanol–water partition coefficient (Wildman–Crippen LogP) is 4.35. The molecule has 0 radical (unpaired) electrons. The molecular weight excluding hydrogens is 450 g/mol.